The summed E-state index contributed by atoms with van der Waals surface area (Å²) in [5.74, 6) is 0. The summed E-state index contributed by atoms with van der Waals surface area (Å²) in [7, 11) is 0. The van der Waals surface area contributed by atoms with Crippen LogP contribution >= 0.6 is 11.3 Å². The first-order valence-electron chi connectivity index (χ1n) is 6.36. The number of carbonyl (C=O) groups is 1. The van der Waals surface area contributed by atoms with Crippen LogP contribution in [0.5, 0.6) is 0 Å². The number of hydrogen-bond acceptors (Lipinski definition) is 3. The number of para-hydroxylation sites is 1. The van der Waals surface area contributed by atoms with Crippen molar-refractivity contribution < 1.29 is 4.79 Å². The number of aromatic nitrogens is 1. The summed E-state index contributed by atoms with van der Waals surface area (Å²) in [5.41, 5.74) is 1.94. The third-order valence-corrected chi connectivity index (χ3v) is 3.53. The zero-order valence-corrected chi connectivity index (χ0v) is 12.5. The van der Waals surface area contributed by atoms with Gasteiger partial charge in [-0.3, -0.25) is 5.32 Å². The Labute approximate surface area is 117 Å². The predicted molar refractivity (Wildman–Crippen MR) is 80.9 cm³/mol. The molecule has 102 valence electrons. The van der Waals surface area contributed by atoms with Crippen molar-refractivity contribution in [3.8, 4) is 0 Å². The summed E-state index contributed by atoms with van der Waals surface area (Å²) in [5, 5.41) is 6.29. The first-order valence-corrected chi connectivity index (χ1v) is 7.18. The lowest BCUT2D eigenvalue weighted by Gasteiger charge is -2.20. The van der Waals surface area contributed by atoms with Gasteiger partial charge in [0, 0.05) is 5.54 Å². The second-order valence-corrected chi connectivity index (χ2v) is 6.50. The van der Waals surface area contributed by atoms with E-state index in [4.69, 9.17) is 0 Å². The van der Waals surface area contributed by atoms with Crippen LogP contribution in [0.15, 0.2) is 18.2 Å². The molecule has 0 unspecified atom stereocenters. The van der Waals surface area contributed by atoms with E-state index in [2.05, 4.69) is 28.6 Å². The highest BCUT2D eigenvalue weighted by Crippen LogP contribution is 2.28. The van der Waals surface area contributed by atoms with E-state index in [1.807, 2.05) is 32.9 Å². The number of anilines is 1. The van der Waals surface area contributed by atoms with E-state index >= 15 is 0 Å². The number of amides is 2. The van der Waals surface area contributed by atoms with Gasteiger partial charge in [-0.15, -0.1) is 0 Å². The molecule has 0 fully saturated rings. The van der Waals surface area contributed by atoms with E-state index < -0.39 is 0 Å². The highest BCUT2D eigenvalue weighted by molar-refractivity contribution is 7.22. The molecule has 1 aromatic carbocycles. The second kappa shape index (κ2) is 5.17. The molecule has 2 amide bonds. The van der Waals surface area contributed by atoms with Gasteiger partial charge in [-0.25, -0.2) is 9.78 Å². The average molecular weight is 277 g/mol. The predicted octanol–water partition coefficient (Wildman–Crippen LogP) is 3.78. The Morgan fingerprint density at radius 3 is 2.74 bits per heavy atom. The van der Waals surface area contributed by atoms with Crippen LogP contribution in [0, 0.1) is 0 Å². The summed E-state index contributed by atoms with van der Waals surface area (Å²) in [6, 6.07) is 5.91. The second-order valence-electron chi connectivity index (χ2n) is 5.47. The van der Waals surface area contributed by atoms with Crippen LogP contribution in [0.2, 0.25) is 0 Å². The molecule has 0 aliphatic rings. The van der Waals surface area contributed by atoms with Crippen LogP contribution < -0.4 is 10.6 Å². The Balaban J connectivity index is 2.20. The quantitative estimate of drug-likeness (QED) is 0.877. The Morgan fingerprint density at radius 1 is 1.37 bits per heavy atom. The van der Waals surface area contributed by atoms with Gasteiger partial charge in [0.25, 0.3) is 0 Å². The zero-order chi connectivity index (χ0) is 14.0. The summed E-state index contributed by atoms with van der Waals surface area (Å²) in [6.07, 6.45) is 0.939. The lowest BCUT2D eigenvalue weighted by Crippen LogP contribution is -2.43. The molecule has 0 saturated heterocycles. The van der Waals surface area contributed by atoms with Gasteiger partial charge in [-0.1, -0.05) is 30.4 Å². The van der Waals surface area contributed by atoms with Crippen LogP contribution in [-0.4, -0.2) is 16.6 Å². The van der Waals surface area contributed by atoms with Crippen molar-refractivity contribution in [1.29, 1.82) is 0 Å². The lowest BCUT2D eigenvalue weighted by molar-refractivity contribution is 0.244. The van der Waals surface area contributed by atoms with Crippen molar-refractivity contribution in [3.63, 3.8) is 0 Å². The number of hydrogen-bond donors (Lipinski definition) is 2. The number of nitrogens with zero attached hydrogens (tertiary/aromatic N) is 1. The van der Waals surface area contributed by atoms with Crippen molar-refractivity contribution in [1.82, 2.24) is 10.3 Å². The van der Waals surface area contributed by atoms with E-state index in [1.165, 1.54) is 16.9 Å². The van der Waals surface area contributed by atoms with Crippen molar-refractivity contribution in [2.45, 2.75) is 39.7 Å². The number of aryl methyl sites for hydroxylation is 1. The van der Waals surface area contributed by atoms with Gasteiger partial charge in [-0.2, -0.15) is 0 Å². The van der Waals surface area contributed by atoms with Crippen LogP contribution in [-0.2, 0) is 6.42 Å². The van der Waals surface area contributed by atoms with Gasteiger partial charge in [0.2, 0.25) is 0 Å². The number of rotatable bonds is 2. The molecule has 0 bridgehead atoms. The maximum atomic E-state index is 11.8. The fourth-order valence-electron chi connectivity index (χ4n) is 1.81. The minimum atomic E-state index is -0.255. The third kappa shape index (κ3) is 3.44. The normalized spacial score (nSPS) is 11.6. The molecule has 0 saturated carbocycles. The SMILES string of the molecule is CCc1cccc2sc(NC(=O)NC(C)(C)C)nc12. The highest BCUT2D eigenvalue weighted by atomic mass is 32.1. The fourth-order valence-corrected chi connectivity index (χ4v) is 2.72. The molecule has 4 nitrogen and oxygen atoms in total. The van der Waals surface area contributed by atoms with Gasteiger partial charge in [-0.05, 0) is 38.8 Å². The minimum Gasteiger partial charge on any atom is -0.333 e. The van der Waals surface area contributed by atoms with Crippen molar-refractivity contribution in [2.24, 2.45) is 0 Å². The van der Waals surface area contributed by atoms with Crippen LogP contribution in [0.1, 0.15) is 33.3 Å². The van der Waals surface area contributed by atoms with Gasteiger partial charge in [0.05, 0.1) is 10.2 Å². The first kappa shape index (κ1) is 13.8. The molecule has 0 aliphatic carbocycles. The Bertz CT molecular complexity index is 598. The van der Waals surface area contributed by atoms with Crippen molar-refractivity contribution >= 4 is 32.7 Å². The number of carbonyl (C=O) groups excluding carboxylic acids is 1. The molecule has 19 heavy (non-hydrogen) atoms. The molecular formula is C14H19N3OS. The van der Waals surface area contributed by atoms with E-state index in [0.29, 0.717) is 5.13 Å². The summed E-state index contributed by atoms with van der Waals surface area (Å²) in [4.78, 5) is 16.3. The lowest BCUT2D eigenvalue weighted by atomic mass is 10.1. The molecule has 2 N–H and O–H groups in total. The fraction of sp³-hybridized carbons (Fsp3) is 0.429. The van der Waals surface area contributed by atoms with Crippen molar-refractivity contribution in [2.75, 3.05) is 5.32 Å². The number of thiazole rings is 1. The maximum absolute atomic E-state index is 11.8. The summed E-state index contributed by atoms with van der Waals surface area (Å²) >= 11 is 1.50. The molecule has 2 rings (SSSR count). The van der Waals surface area contributed by atoms with Gasteiger partial charge < -0.3 is 5.32 Å². The topological polar surface area (TPSA) is 54.0 Å². The molecule has 0 atom stereocenters. The van der Waals surface area contributed by atoms with Crippen LogP contribution in [0.4, 0.5) is 9.93 Å². The molecule has 2 aromatic rings. The Morgan fingerprint density at radius 2 is 2.11 bits per heavy atom. The van der Waals surface area contributed by atoms with Crippen LogP contribution in [0.3, 0.4) is 0 Å². The summed E-state index contributed by atoms with van der Waals surface area (Å²) in [6.45, 7) is 7.94. The van der Waals surface area contributed by atoms with E-state index in [-0.39, 0.29) is 11.6 Å². The number of benzene rings is 1. The van der Waals surface area contributed by atoms with Gasteiger partial charge >= 0.3 is 6.03 Å². The zero-order valence-electron chi connectivity index (χ0n) is 11.7. The molecular weight excluding hydrogens is 258 g/mol. The minimum absolute atomic E-state index is 0.218. The molecule has 1 heterocycles. The molecule has 0 radical (unpaired) electrons. The monoisotopic (exact) mass is 277 g/mol. The Kier molecular flexibility index (Phi) is 3.75. The Hall–Kier alpha value is -1.62. The first-order chi connectivity index (χ1) is 8.89. The summed E-state index contributed by atoms with van der Waals surface area (Å²) < 4.78 is 1.10. The van der Waals surface area contributed by atoms with Gasteiger partial charge in [0.1, 0.15) is 0 Å². The third-order valence-electron chi connectivity index (χ3n) is 2.59. The number of urea groups is 1. The number of fused-ring (bicyclic) bond motifs is 1. The van der Waals surface area contributed by atoms with E-state index in [0.717, 1.165) is 16.6 Å². The van der Waals surface area contributed by atoms with Crippen molar-refractivity contribution in [3.05, 3.63) is 23.8 Å². The largest absolute Gasteiger partial charge is 0.333 e. The number of nitrogens with one attached hydrogen (secondary N) is 2. The molecule has 1 aromatic heterocycles. The molecule has 5 heteroatoms. The van der Waals surface area contributed by atoms with E-state index in [9.17, 15) is 4.79 Å². The maximum Gasteiger partial charge on any atom is 0.321 e. The smallest absolute Gasteiger partial charge is 0.321 e. The standard InChI is InChI=1S/C14H19N3OS/c1-5-9-7-6-8-10-11(9)15-13(19-10)16-12(18)17-14(2,3)4/h6-8H,5H2,1-4H3,(H2,15,16,17,18). The van der Waals surface area contributed by atoms with E-state index in [1.54, 1.807) is 0 Å². The van der Waals surface area contributed by atoms with Gasteiger partial charge in [0.15, 0.2) is 5.13 Å². The average Bonchev–Trinajstić information content (AvgIpc) is 2.67. The molecule has 0 aliphatic heterocycles. The molecule has 0 spiro atoms. The van der Waals surface area contributed by atoms with Crippen LogP contribution in [0.25, 0.3) is 10.2 Å². The highest BCUT2D eigenvalue weighted by Gasteiger charge is 2.15.